The van der Waals surface area contributed by atoms with Gasteiger partial charge in [-0.2, -0.15) is 0 Å². The summed E-state index contributed by atoms with van der Waals surface area (Å²) in [5, 5.41) is 10.3. The molecule has 0 atom stereocenters. The molecule has 4 rings (SSSR count). The number of benzene rings is 4. The molecule has 0 aromatic heterocycles. The highest BCUT2D eigenvalue weighted by Gasteiger charge is 2.17. The van der Waals surface area contributed by atoms with Crippen molar-refractivity contribution in [2.75, 3.05) is 11.9 Å². The lowest BCUT2D eigenvalue weighted by molar-refractivity contribution is 0.0693. The molecule has 0 spiro atoms. The molecule has 4 aromatic rings. The van der Waals surface area contributed by atoms with Crippen LogP contribution >= 0.6 is 23.4 Å². The van der Waals surface area contributed by atoms with E-state index in [1.54, 1.807) is 36.4 Å². The van der Waals surface area contributed by atoms with Gasteiger partial charge in [-0.15, -0.1) is 0 Å². The van der Waals surface area contributed by atoms with Crippen LogP contribution < -0.4 is 4.90 Å². The predicted octanol–water partition coefficient (Wildman–Crippen LogP) is 7.47. The number of carboxylic acid groups (broad SMARTS) is 1. The molecule has 0 amide bonds. The van der Waals surface area contributed by atoms with E-state index >= 15 is 0 Å². The van der Waals surface area contributed by atoms with E-state index < -0.39 is 17.6 Å². The number of anilines is 2. The first-order valence-corrected chi connectivity index (χ1v) is 11.6. The number of rotatable bonds is 7. The van der Waals surface area contributed by atoms with Crippen LogP contribution in [0.3, 0.4) is 0 Å². The minimum atomic E-state index is -1.23. The summed E-state index contributed by atoms with van der Waals surface area (Å²) in [5.74, 6) is -3.58. The monoisotopic (exact) mass is 509 g/mol. The Hall–Kier alpha value is -3.68. The Morgan fingerprint density at radius 2 is 1.40 bits per heavy atom. The van der Waals surface area contributed by atoms with Gasteiger partial charge in [0.25, 0.3) is 0 Å². The van der Waals surface area contributed by atoms with Crippen LogP contribution in [-0.4, -0.2) is 23.9 Å². The number of hydrogen-bond donors (Lipinski definition) is 1. The average Bonchev–Trinajstić information content (AvgIpc) is 2.86. The second kappa shape index (κ2) is 10.3. The zero-order valence-corrected chi connectivity index (χ0v) is 19.9. The van der Waals surface area contributed by atoms with Gasteiger partial charge >= 0.3 is 5.97 Å². The molecular weight excluding hydrogens is 492 g/mol. The lowest BCUT2D eigenvalue weighted by Gasteiger charge is -2.19. The van der Waals surface area contributed by atoms with Gasteiger partial charge in [0.1, 0.15) is 0 Å². The number of carbonyl (C=O) groups excluding carboxylic acids is 1. The summed E-state index contributed by atoms with van der Waals surface area (Å²) in [4.78, 5) is 27.5. The van der Waals surface area contributed by atoms with E-state index in [4.69, 9.17) is 11.6 Å². The Morgan fingerprint density at radius 3 is 2.00 bits per heavy atom. The van der Waals surface area contributed by atoms with E-state index in [-0.39, 0.29) is 16.9 Å². The summed E-state index contributed by atoms with van der Waals surface area (Å²) < 4.78 is 26.7. The van der Waals surface area contributed by atoms with Gasteiger partial charge in [-0.3, -0.25) is 4.79 Å². The molecular formula is C27H18ClF2NO3S. The highest BCUT2D eigenvalue weighted by Crippen LogP contribution is 2.33. The van der Waals surface area contributed by atoms with Crippen molar-refractivity contribution in [1.82, 2.24) is 0 Å². The molecule has 0 bridgehead atoms. The molecule has 8 heteroatoms. The molecule has 0 saturated heterocycles. The van der Waals surface area contributed by atoms with Gasteiger partial charge in [0, 0.05) is 44.4 Å². The number of carbonyl (C=O) groups is 2. The first-order valence-electron chi connectivity index (χ1n) is 10.4. The van der Waals surface area contributed by atoms with Gasteiger partial charge in [0.2, 0.25) is 0 Å². The normalized spacial score (nSPS) is 10.7. The van der Waals surface area contributed by atoms with Gasteiger partial charge in [-0.05, 0) is 84.9 Å². The first kappa shape index (κ1) is 24.4. The van der Waals surface area contributed by atoms with Crippen molar-refractivity contribution in [2.45, 2.75) is 9.79 Å². The third-order valence-corrected chi connectivity index (χ3v) is 6.64. The van der Waals surface area contributed by atoms with Crippen LogP contribution in [0.15, 0.2) is 94.7 Å². The number of nitrogens with zero attached hydrogens (tertiary/aromatic N) is 1. The van der Waals surface area contributed by atoms with Crippen LogP contribution in [0.5, 0.6) is 0 Å². The Bertz CT molecular complexity index is 1410. The van der Waals surface area contributed by atoms with E-state index in [2.05, 4.69) is 0 Å². The van der Waals surface area contributed by atoms with E-state index in [0.29, 0.717) is 20.4 Å². The SMILES string of the molecule is CN(c1ccc(Cl)cc1)c1ccc(C(=O)c2ccc(Sc3ccc(F)c(F)c3)c(C(=O)O)c2)cc1. The maximum Gasteiger partial charge on any atom is 0.336 e. The number of hydrogen-bond acceptors (Lipinski definition) is 4. The maximum absolute atomic E-state index is 13.5. The van der Waals surface area contributed by atoms with Gasteiger partial charge < -0.3 is 10.0 Å². The largest absolute Gasteiger partial charge is 0.478 e. The average molecular weight is 510 g/mol. The van der Waals surface area contributed by atoms with E-state index in [9.17, 15) is 23.5 Å². The molecule has 0 aliphatic carbocycles. The van der Waals surface area contributed by atoms with Crippen molar-refractivity contribution in [2.24, 2.45) is 0 Å². The van der Waals surface area contributed by atoms with Crippen LogP contribution in [0.4, 0.5) is 20.2 Å². The zero-order chi connectivity index (χ0) is 25.1. The van der Waals surface area contributed by atoms with E-state index in [0.717, 1.165) is 35.3 Å². The topological polar surface area (TPSA) is 57.6 Å². The number of halogens is 3. The molecule has 0 saturated carbocycles. The van der Waals surface area contributed by atoms with Crippen molar-refractivity contribution in [1.29, 1.82) is 0 Å². The lowest BCUT2D eigenvalue weighted by Crippen LogP contribution is -2.10. The first-order chi connectivity index (χ1) is 16.7. The molecule has 176 valence electrons. The Balaban J connectivity index is 1.56. The predicted molar refractivity (Wildman–Crippen MR) is 133 cm³/mol. The van der Waals surface area contributed by atoms with Crippen LogP contribution in [0, 0.1) is 11.6 Å². The van der Waals surface area contributed by atoms with Crippen LogP contribution in [-0.2, 0) is 0 Å². The smallest absolute Gasteiger partial charge is 0.336 e. The fourth-order valence-electron chi connectivity index (χ4n) is 3.41. The molecule has 0 radical (unpaired) electrons. The summed E-state index contributed by atoms with van der Waals surface area (Å²) >= 11 is 6.92. The van der Waals surface area contributed by atoms with Crippen molar-refractivity contribution < 1.29 is 23.5 Å². The molecule has 4 nitrogen and oxygen atoms in total. The molecule has 4 aromatic carbocycles. The Labute approximate surface area is 209 Å². The standard InChI is InChI=1S/C27H18ClF2NO3S/c1-31(20-9-5-18(28)6-10-20)19-7-2-16(3-8-19)26(32)17-4-13-25(22(14-17)27(33)34)35-21-11-12-23(29)24(30)15-21/h2-15H,1H3,(H,33,34). The fraction of sp³-hybridized carbons (Fsp3) is 0.0370. The Morgan fingerprint density at radius 1 is 0.800 bits per heavy atom. The quantitative estimate of drug-likeness (QED) is 0.262. The van der Waals surface area contributed by atoms with E-state index in [1.165, 1.54) is 24.3 Å². The summed E-state index contributed by atoms with van der Waals surface area (Å²) in [6, 6.07) is 21.9. The highest BCUT2D eigenvalue weighted by molar-refractivity contribution is 7.99. The minimum absolute atomic E-state index is 0.107. The Kier molecular flexibility index (Phi) is 7.19. The van der Waals surface area contributed by atoms with Crippen molar-refractivity contribution in [3.05, 3.63) is 118 Å². The number of aromatic carboxylic acids is 1. The summed E-state index contributed by atoms with van der Waals surface area (Å²) in [5.41, 5.74) is 2.28. The maximum atomic E-state index is 13.5. The minimum Gasteiger partial charge on any atom is -0.478 e. The molecule has 0 unspecified atom stereocenters. The van der Waals surface area contributed by atoms with Crippen molar-refractivity contribution in [3.63, 3.8) is 0 Å². The number of ketones is 1. The van der Waals surface area contributed by atoms with Crippen LogP contribution in [0.2, 0.25) is 5.02 Å². The second-order valence-corrected chi connectivity index (χ2v) is 9.16. The molecule has 35 heavy (non-hydrogen) atoms. The molecule has 0 fully saturated rings. The van der Waals surface area contributed by atoms with Crippen molar-refractivity contribution in [3.8, 4) is 0 Å². The summed E-state index contributed by atoms with van der Waals surface area (Å²) in [6.07, 6.45) is 0. The second-order valence-electron chi connectivity index (χ2n) is 7.61. The highest BCUT2D eigenvalue weighted by atomic mass is 35.5. The van der Waals surface area contributed by atoms with Crippen LogP contribution in [0.25, 0.3) is 0 Å². The van der Waals surface area contributed by atoms with Crippen LogP contribution in [0.1, 0.15) is 26.3 Å². The van der Waals surface area contributed by atoms with Gasteiger partial charge in [-0.25, -0.2) is 13.6 Å². The van der Waals surface area contributed by atoms with Gasteiger partial charge in [0.05, 0.1) is 5.56 Å². The van der Waals surface area contributed by atoms with Crippen molar-refractivity contribution >= 4 is 46.5 Å². The zero-order valence-electron chi connectivity index (χ0n) is 18.3. The summed E-state index contributed by atoms with van der Waals surface area (Å²) in [6.45, 7) is 0. The van der Waals surface area contributed by atoms with E-state index in [1.807, 2.05) is 24.1 Å². The molecule has 0 heterocycles. The third-order valence-electron chi connectivity index (χ3n) is 5.32. The molecule has 0 aliphatic heterocycles. The lowest BCUT2D eigenvalue weighted by atomic mass is 10.0. The van der Waals surface area contributed by atoms with Gasteiger partial charge in [0.15, 0.2) is 17.4 Å². The third kappa shape index (κ3) is 5.53. The fourth-order valence-corrected chi connectivity index (χ4v) is 4.48. The molecule has 1 N–H and O–H groups in total. The van der Waals surface area contributed by atoms with Gasteiger partial charge in [-0.1, -0.05) is 23.4 Å². The number of carboxylic acids is 1. The summed E-state index contributed by atoms with van der Waals surface area (Å²) in [7, 11) is 1.89. The molecule has 0 aliphatic rings.